The highest BCUT2D eigenvalue weighted by molar-refractivity contribution is 7.86. The van der Waals surface area contributed by atoms with E-state index < -0.39 is 7.14 Å². The molecule has 4 heterocycles. The summed E-state index contributed by atoms with van der Waals surface area (Å²) in [6, 6.07) is 29.6. The summed E-state index contributed by atoms with van der Waals surface area (Å²) in [7, 11) is -3.13. The average Bonchev–Trinajstić information content (AvgIpc) is 3.14. The smallest absolute Gasteiger partial charge is 0.224 e. The van der Waals surface area contributed by atoms with E-state index in [1.54, 1.807) is 36.7 Å². The Kier molecular flexibility index (Phi) is 4.93. The van der Waals surface area contributed by atoms with E-state index in [1.807, 2.05) is 72.8 Å². The second-order valence-corrected chi connectivity index (χ2v) is 10.3. The first-order valence-electron chi connectivity index (χ1n) is 10.7. The van der Waals surface area contributed by atoms with Crippen LogP contribution >= 0.6 is 7.14 Å². The molecule has 1 aliphatic rings. The molecule has 6 nitrogen and oxygen atoms in total. The molecule has 34 heavy (non-hydrogen) atoms. The number of nitrogens with zero attached hydrogens (tertiary/aromatic N) is 3. The van der Waals surface area contributed by atoms with Crippen molar-refractivity contribution in [2.24, 2.45) is 0 Å². The highest BCUT2D eigenvalue weighted by atomic mass is 31.2. The van der Waals surface area contributed by atoms with E-state index in [1.165, 1.54) is 0 Å². The first-order chi connectivity index (χ1) is 16.7. The molecule has 0 N–H and O–H groups in total. The van der Waals surface area contributed by atoms with Crippen molar-refractivity contribution in [2.45, 2.75) is 0 Å². The summed E-state index contributed by atoms with van der Waals surface area (Å²) in [6.07, 6.45) is 3.32. The fraction of sp³-hybridized carbons (Fsp3) is 0. The molecule has 3 aromatic heterocycles. The summed E-state index contributed by atoms with van der Waals surface area (Å²) < 4.78 is 26.3. The minimum Gasteiger partial charge on any atom is -0.439 e. The summed E-state index contributed by atoms with van der Waals surface area (Å²) in [5, 5.41) is 1.51. The fourth-order valence-corrected chi connectivity index (χ4v) is 7.05. The number of hydrogen-bond acceptors (Lipinski definition) is 6. The van der Waals surface area contributed by atoms with Crippen molar-refractivity contribution in [3.63, 3.8) is 0 Å². The lowest BCUT2D eigenvalue weighted by atomic mass is 10.1. The van der Waals surface area contributed by atoms with Gasteiger partial charge in [-0.3, -0.25) is 4.98 Å². The standard InChI is InChI=1S/C27H18N3O3P/c31-34(27-13-4-6-17-29-27)22-9-2-1-8-20(22)21-15-14-19(18-23(21)34)32-25-11-7-12-26(30-25)33-24-10-3-5-16-28-24/h1-18H. The molecule has 2 aromatic carbocycles. The molecular formula is C27H18N3O3P. The van der Waals surface area contributed by atoms with Gasteiger partial charge < -0.3 is 14.0 Å². The van der Waals surface area contributed by atoms with Crippen molar-refractivity contribution in [1.29, 1.82) is 0 Å². The van der Waals surface area contributed by atoms with Crippen LogP contribution in [0.3, 0.4) is 0 Å². The highest BCUT2D eigenvalue weighted by Gasteiger charge is 2.41. The maximum absolute atomic E-state index is 14.6. The van der Waals surface area contributed by atoms with Crippen molar-refractivity contribution < 1.29 is 14.0 Å². The zero-order chi connectivity index (χ0) is 23.0. The van der Waals surface area contributed by atoms with Gasteiger partial charge in [-0.15, -0.1) is 0 Å². The van der Waals surface area contributed by atoms with Gasteiger partial charge in [-0.05, 0) is 47.5 Å². The molecule has 0 bridgehead atoms. The Morgan fingerprint density at radius 2 is 1.29 bits per heavy atom. The third-order valence-electron chi connectivity index (χ3n) is 5.58. The summed E-state index contributed by atoms with van der Waals surface area (Å²) in [4.78, 5) is 13.0. The molecule has 0 aliphatic carbocycles. The summed E-state index contributed by atoms with van der Waals surface area (Å²) in [5.74, 6) is 1.70. The second kappa shape index (κ2) is 8.25. The van der Waals surface area contributed by atoms with Crippen molar-refractivity contribution in [3.05, 3.63) is 109 Å². The summed E-state index contributed by atoms with van der Waals surface area (Å²) >= 11 is 0. The Morgan fingerprint density at radius 1 is 0.588 bits per heavy atom. The van der Waals surface area contributed by atoms with Gasteiger partial charge >= 0.3 is 0 Å². The summed E-state index contributed by atoms with van der Waals surface area (Å²) in [5.41, 5.74) is 2.45. The number of pyridine rings is 3. The molecule has 164 valence electrons. The van der Waals surface area contributed by atoms with Gasteiger partial charge in [0.15, 0.2) is 7.14 Å². The zero-order valence-corrected chi connectivity index (χ0v) is 18.8. The van der Waals surface area contributed by atoms with Gasteiger partial charge in [-0.2, -0.15) is 4.98 Å². The van der Waals surface area contributed by atoms with Crippen molar-refractivity contribution in [3.8, 4) is 34.5 Å². The molecule has 1 aliphatic heterocycles. The lowest BCUT2D eigenvalue weighted by Crippen LogP contribution is -2.23. The number of rotatable bonds is 5. The maximum Gasteiger partial charge on any atom is 0.224 e. The molecule has 7 heteroatoms. The predicted molar refractivity (Wildman–Crippen MR) is 131 cm³/mol. The molecule has 1 unspecified atom stereocenters. The lowest BCUT2D eigenvalue weighted by Gasteiger charge is -2.15. The van der Waals surface area contributed by atoms with Crippen LogP contribution in [-0.4, -0.2) is 15.0 Å². The quantitative estimate of drug-likeness (QED) is 0.332. The van der Waals surface area contributed by atoms with E-state index in [-0.39, 0.29) is 0 Å². The van der Waals surface area contributed by atoms with E-state index in [0.717, 1.165) is 16.4 Å². The number of benzene rings is 2. The molecule has 0 saturated carbocycles. The van der Waals surface area contributed by atoms with Gasteiger partial charge in [0.1, 0.15) is 11.2 Å². The first-order valence-corrected chi connectivity index (χ1v) is 12.4. The topological polar surface area (TPSA) is 74.2 Å². The average molecular weight is 463 g/mol. The molecule has 6 rings (SSSR count). The predicted octanol–water partition coefficient (Wildman–Crippen LogP) is 5.08. The minimum absolute atomic E-state index is 0.358. The van der Waals surface area contributed by atoms with Crippen molar-refractivity contribution in [2.75, 3.05) is 0 Å². The Labute approximate surface area is 196 Å². The number of ether oxygens (including phenoxy) is 2. The van der Waals surface area contributed by atoms with Crippen LogP contribution in [0.25, 0.3) is 11.1 Å². The molecule has 0 amide bonds. The van der Waals surface area contributed by atoms with Crippen LogP contribution in [0.2, 0.25) is 0 Å². The number of hydrogen-bond donors (Lipinski definition) is 0. The molecule has 0 fully saturated rings. The van der Waals surface area contributed by atoms with Crippen LogP contribution in [0.5, 0.6) is 23.4 Å². The van der Waals surface area contributed by atoms with E-state index >= 15 is 0 Å². The maximum atomic E-state index is 14.6. The molecule has 1 atom stereocenters. The Morgan fingerprint density at radius 3 is 2.09 bits per heavy atom. The SMILES string of the molecule is O=P1(c2ccccn2)c2ccccc2-c2ccc(Oc3cccc(Oc4ccccn4)n3)cc21. The van der Waals surface area contributed by atoms with Gasteiger partial charge in [-0.1, -0.05) is 42.5 Å². The number of aromatic nitrogens is 3. The molecule has 0 radical (unpaired) electrons. The van der Waals surface area contributed by atoms with E-state index in [9.17, 15) is 4.57 Å². The zero-order valence-electron chi connectivity index (χ0n) is 17.9. The van der Waals surface area contributed by atoms with Gasteiger partial charge in [0, 0.05) is 41.2 Å². The summed E-state index contributed by atoms with van der Waals surface area (Å²) in [6.45, 7) is 0. The third-order valence-corrected chi connectivity index (χ3v) is 8.61. The molecular weight excluding hydrogens is 445 g/mol. The molecule has 5 aromatic rings. The fourth-order valence-electron chi connectivity index (χ4n) is 4.10. The van der Waals surface area contributed by atoms with Crippen LogP contribution in [0.4, 0.5) is 0 Å². The van der Waals surface area contributed by atoms with Gasteiger partial charge in [0.25, 0.3) is 0 Å². The highest BCUT2D eigenvalue weighted by Crippen LogP contribution is 2.52. The first kappa shape index (κ1) is 20.3. The van der Waals surface area contributed by atoms with E-state index in [0.29, 0.717) is 34.1 Å². The van der Waals surface area contributed by atoms with E-state index in [4.69, 9.17) is 9.47 Å². The Bertz CT molecular complexity index is 1540. The van der Waals surface area contributed by atoms with Gasteiger partial charge in [0.05, 0.1) is 0 Å². The van der Waals surface area contributed by atoms with Crippen LogP contribution < -0.4 is 25.5 Å². The number of fused-ring (bicyclic) bond motifs is 3. The van der Waals surface area contributed by atoms with Crippen LogP contribution in [0.15, 0.2) is 109 Å². The van der Waals surface area contributed by atoms with Crippen molar-refractivity contribution in [1.82, 2.24) is 15.0 Å². The van der Waals surface area contributed by atoms with Crippen molar-refractivity contribution >= 4 is 23.2 Å². The van der Waals surface area contributed by atoms with Crippen LogP contribution in [-0.2, 0) is 4.57 Å². The lowest BCUT2D eigenvalue weighted by molar-refractivity contribution is 0.417. The third kappa shape index (κ3) is 3.45. The van der Waals surface area contributed by atoms with Crippen LogP contribution in [0, 0.1) is 0 Å². The molecule has 0 saturated heterocycles. The normalized spacial score (nSPS) is 15.9. The molecule has 0 spiro atoms. The largest absolute Gasteiger partial charge is 0.439 e. The van der Waals surface area contributed by atoms with Gasteiger partial charge in [0.2, 0.25) is 17.6 Å². The minimum atomic E-state index is -3.13. The van der Waals surface area contributed by atoms with E-state index in [2.05, 4.69) is 15.0 Å². The second-order valence-electron chi connectivity index (χ2n) is 7.68. The Balaban J connectivity index is 1.37. The van der Waals surface area contributed by atoms with Gasteiger partial charge in [-0.25, -0.2) is 4.98 Å². The Hall–Kier alpha value is -4.28. The van der Waals surface area contributed by atoms with Crippen LogP contribution in [0.1, 0.15) is 0 Å². The monoisotopic (exact) mass is 463 g/mol.